The second kappa shape index (κ2) is 7.42. The highest BCUT2D eigenvalue weighted by Crippen LogP contribution is 2.27. The second-order valence-corrected chi connectivity index (χ2v) is 5.98. The molecule has 0 saturated heterocycles. The number of anilines is 2. The summed E-state index contributed by atoms with van der Waals surface area (Å²) in [6.45, 7) is 4.64. The largest absolute Gasteiger partial charge is 0.350 e. The van der Waals surface area contributed by atoms with Gasteiger partial charge in [-0.05, 0) is 24.1 Å². The van der Waals surface area contributed by atoms with E-state index in [0.29, 0.717) is 34.0 Å². The molecule has 1 heterocycles. The molecule has 1 amide bonds. The van der Waals surface area contributed by atoms with E-state index in [1.165, 1.54) is 12.4 Å². The Morgan fingerprint density at radius 2 is 2.00 bits per heavy atom. The predicted octanol–water partition coefficient (Wildman–Crippen LogP) is 3.91. The van der Waals surface area contributed by atoms with Gasteiger partial charge in [-0.15, -0.1) is 0 Å². The quantitative estimate of drug-likeness (QED) is 0.867. The molecule has 0 fully saturated rings. The summed E-state index contributed by atoms with van der Waals surface area (Å²) in [5.74, 6) is 0.612. The summed E-state index contributed by atoms with van der Waals surface area (Å²) in [5, 5.41) is 6.87. The van der Waals surface area contributed by atoms with Crippen LogP contribution in [0.3, 0.4) is 0 Å². The molecule has 2 N–H and O–H groups in total. The zero-order valence-electron chi connectivity index (χ0n) is 12.2. The highest BCUT2D eigenvalue weighted by Gasteiger charge is 2.09. The molecule has 22 heavy (non-hydrogen) atoms. The zero-order valence-corrected chi connectivity index (χ0v) is 13.7. The summed E-state index contributed by atoms with van der Waals surface area (Å²) in [5.41, 5.74) is 0.892. The molecule has 1 aromatic carbocycles. The Bertz CT molecular complexity index is 659. The smallest absolute Gasteiger partial charge is 0.271 e. The van der Waals surface area contributed by atoms with Gasteiger partial charge in [-0.3, -0.25) is 4.79 Å². The van der Waals surface area contributed by atoms with Gasteiger partial charge < -0.3 is 10.6 Å². The lowest BCUT2D eigenvalue weighted by atomic mass is 10.2. The summed E-state index contributed by atoms with van der Waals surface area (Å²) in [4.78, 5) is 20.1. The molecule has 7 heteroatoms. The number of benzene rings is 1. The molecular formula is C15H16Cl2N4O. The van der Waals surface area contributed by atoms with Crippen molar-refractivity contribution in [3.8, 4) is 0 Å². The van der Waals surface area contributed by atoms with Crippen molar-refractivity contribution in [2.75, 3.05) is 11.9 Å². The van der Waals surface area contributed by atoms with Crippen molar-refractivity contribution in [1.29, 1.82) is 0 Å². The van der Waals surface area contributed by atoms with Crippen molar-refractivity contribution in [1.82, 2.24) is 15.3 Å². The molecule has 0 spiro atoms. The molecule has 0 aliphatic rings. The molecule has 1 aromatic heterocycles. The van der Waals surface area contributed by atoms with Crippen LogP contribution >= 0.6 is 23.2 Å². The minimum atomic E-state index is -0.242. The maximum atomic E-state index is 11.8. The lowest BCUT2D eigenvalue weighted by molar-refractivity contribution is 0.0943. The Balaban J connectivity index is 2.05. The average Bonchev–Trinajstić information content (AvgIpc) is 2.49. The van der Waals surface area contributed by atoms with Crippen LogP contribution in [0.1, 0.15) is 24.3 Å². The molecule has 0 atom stereocenters. The topological polar surface area (TPSA) is 66.9 Å². The molecule has 2 rings (SSSR count). The van der Waals surface area contributed by atoms with Gasteiger partial charge in [-0.1, -0.05) is 37.0 Å². The van der Waals surface area contributed by atoms with Crippen molar-refractivity contribution < 1.29 is 4.79 Å². The predicted molar refractivity (Wildman–Crippen MR) is 88.9 cm³/mol. The Labute approximate surface area is 139 Å². The molecule has 0 saturated carbocycles. The lowest BCUT2D eigenvalue weighted by Gasteiger charge is -2.09. The number of halogens is 2. The van der Waals surface area contributed by atoms with E-state index >= 15 is 0 Å². The second-order valence-electron chi connectivity index (χ2n) is 5.14. The van der Waals surface area contributed by atoms with E-state index in [1.54, 1.807) is 18.2 Å². The first-order valence-electron chi connectivity index (χ1n) is 6.78. The van der Waals surface area contributed by atoms with E-state index in [-0.39, 0.29) is 11.6 Å². The van der Waals surface area contributed by atoms with Crippen LogP contribution in [-0.4, -0.2) is 22.4 Å². The summed E-state index contributed by atoms with van der Waals surface area (Å²) in [6.07, 6.45) is 2.89. The van der Waals surface area contributed by atoms with E-state index in [0.717, 1.165) is 0 Å². The van der Waals surface area contributed by atoms with Gasteiger partial charge in [0.1, 0.15) is 11.5 Å². The highest BCUT2D eigenvalue weighted by molar-refractivity contribution is 6.35. The molecule has 2 aromatic rings. The molecule has 116 valence electrons. The minimum absolute atomic E-state index is 0.242. The van der Waals surface area contributed by atoms with Crippen molar-refractivity contribution in [3.63, 3.8) is 0 Å². The van der Waals surface area contributed by atoms with Crippen LogP contribution in [0.4, 0.5) is 11.5 Å². The monoisotopic (exact) mass is 338 g/mol. The Hall–Kier alpha value is -1.85. The molecule has 0 aliphatic carbocycles. The number of amides is 1. The van der Waals surface area contributed by atoms with Crippen LogP contribution in [-0.2, 0) is 0 Å². The Morgan fingerprint density at radius 1 is 1.23 bits per heavy atom. The molecule has 0 bridgehead atoms. The standard InChI is InChI=1S/C15H16Cl2N4O/c1-9(2)6-20-15(22)13-7-19-14(8-18-13)21-12-5-10(16)3-4-11(12)17/h3-5,7-9H,6H2,1-2H3,(H,19,21)(H,20,22). The third-order valence-electron chi connectivity index (χ3n) is 2.75. The third-order valence-corrected chi connectivity index (χ3v) is 3.31. The number of hydrogen-bond acceptors (Lipinski definition) is 4. The summed E-state index contributed by atoms with van der Waals surface area (Å²) in [6, 6.07) is 5.07. The fourth-order valence-electron chi connectivity index (χ4n) is 1.63. The maximum Gasteiger partial charge on any atom is 0.271 e. The fraction of sp³-hybridized carbons (Fsp3) is 0.267. The van der Waals surface area contributed by atoms with Gasteiger partial charge in [0.15, 0.2) is 0 Å². The third kappa shape index (κ3) is 4.58. The molecule has 0 radical (unpaired) electrons. The minimum Gasteiger partial charge on any atom is -0.350 e. The van der Waals surface area contributed by atoms with E-state index < -0.39 is 0 Å². The molecular weight excluding hydrogens is 323 g/mol. The van der Waals surface area contributed by atoms with Gasteiger partial charge in [0, 0.05) is 11.6 Å². The van der Waals surface area contributed by atoms with Gasteiger partial charge in [0.05, 0.1) is 23.1 Å². The number of carbonyl (C=O) groups excluding carboxylic acids is 1. The Morgan fingerprint density at radius 3 is 2.64 bits per heavy atom. The van der Waals surface area contributed by atoms with Crippen LogP contribution in [0, 0.1) is 5.92 Å². The van der Waals surface area contributed by atoms with Crippen LogP contribution in [0.2, 0.25) is 10.0 Å². The van der Waals surface area contributed by atoms with Crippen molar-refractivity contribution in [3.05, 3.63) is 46.3 Å². The van der Waals surface area contributed by atoms with E-state index in [2.05, 4.69) is 20.6 Å². The van der Waals surface area contributed by atoms with Gasteiger partial charge in [-0.25, -0.2) is 9.97 Å². The number of rotatable bonds is 5. The number of carbonyl (C=O) groups is 1. The molecule has 0 unspecified atom stereocenters. The average molecular weight is 339 g/mol. The van der Waals surface area contributed by atoms with Gasteiger partial charge in [0.25, 0.3) is 5.91 Å². The fourth-order valence-corrected chi connectivity index (χ4v) is 1.97. The number of hydrogen-bond donors (Lipinski definition) is 2. The highest BCUT2D eigenvalue weighted by atomic mass is 35.5. The van der Waals surface area contributed by atoms with Gasteiger partial charge in [0.2, 0.25) is 0 Å². The first kappa shape index (κ1) is 16.5. The zero-order chi connectivity index (χ0) is 16.1. The number of nitrogens with one attached hydrogen (secondary N) is 2. The summed E-state index contributed by atoms with van der Waals surface area (Å²) >= 11 is 12.0. The maximum absolute atomic E-state index is 11.8. The van der Waals surface area contributed by atoms with E-state index in [9.17, 15) is 4.79 Å². The van der Waals surface area contributed by atoms with Crippen molar-refractivity contribution in [2.45, 2.75) is 13.8 Å². The molecule has 0 aliphatic heterocycles. The summed E-state index contributed by atoms with van der Waals surface area (Å²) < 4.78 is 0. The van der Waals surface area contributed by atoms with Crippen LogP contribution in [0.5, 0.6) is 0 Å². The molecule has 5 nitrogen and oxygen atoms in total. The first-order valence-corrected chi connectivity index (χ1v) is 7.53. The van der Waals surface area contributed by atoms with Gasteiger partial charge in [-0.2, -0.15) is 0 Å². The normalized spacial score (nSPS) is 10.6. The Kier molecular flexibility index (Phi) is 5.57. The number of aromatic nitrogens is 2. The van der Waals surface area contributed by atoms with E-state index in [1.807, 2.05) is 13.8 Å². The van der Waals surface area contributed by atoms with Crippen LogP contribution in [0.25, 0.3) is 0 Å². The van der Waals surface area contributed by atoms with Crippen LogP contribution < -0.4 is 10.6 Å². The van der Waals surface area contributed by atoms with E-state index in [4.69, 9.17) is 23.2 Å². The van der Waals surface area contributed by atoms with Crippen LogP contribution in [0.15, 0.2) is 30.6 Å². The SMILES string of the molecule is CC(C)CNC(=O)c1cnc(Nc2cc(Cl)ccc2Cl)cn1. The number of nitrogens with zero attached hydrogens (tertiary/aromatic N) is 2. The van der Waals surface area contributed by atoms with Crippen molar-refractivity contribution in [2.24, 2.45) is 5.92 Å². The summed E-state index contributed by atoms with van der Waals surface area (Å²) in [7, 11) is 0. The van der Waals surface area contributed by atoms with Crippen molar-refractivity contribution >= 4 is 40.6 Å². The lowest BCUT2D eigenvalue weighted by Crippen LogP contribution is -2.28. The van der Waals surface area contributed by atoms with Gasteiger partial charge >= 0.3 is 0 Å². The first-order chi connectivity index (χ1) is 10.5.